The van der Waals surface area contributed by atoms with Crippen LogP contribution in [-0.4, -0.2) is 19.1 Å². The molecular formula is C8H16N2. The highest BCUT2D eigenvalue weighted by Gasteiger charge is 2.45. The van der Waals surface area contributed by atoms with Crippen LogP contribution >= 0.6 is 0 Å². The molecule has 1 unspecified atom stereocenters. The number of nitrogens with one attached hydrogen (secondary N) is 1. The maximum absolute atomic E-state index is 5.59. The Bertz CT molecular complexity index is 129. The van der Waals surface area contributed by atoms with E-state index in [-0.39, 0.29) is 0 Å². The molecular weight excluding hydrogens is 124 g/mol. The second-order valence-corrected chi connectivity index (χ2v) is 3.84. The fraction of sp³-hybridized carbons (Fsp3) is 1.00. The Labute approximate surface area is 62.2 Å². The van der Waals surface area contributed by atoms with Gasteiger partial charge in [-0.3, -0.25) is 0 Å². The first-order chi connectivity index (χ1) is 4.85. The maximum atomic E-state index is 5.59. The molecule has 1 atom stereocenters. The second kappa shape index (κ2) is 2.21. The fourth-order valence-corrected chi connectivity index (χ4v) is 2.04. The van der Waals surface area contributed by atoms with Gasteiger partial charge in [0.05, 0.1) is 0 Å². The Balaban J connectivity index is 1.91. The van der Waals surface area contributed by atoms with Gasteiger partial charge >= 0.3 is 0 Å². The summed E-state index contributed by atoms with van der Waals surface area (Å²) < 4.78 is 0. The van der Waals surface area contributed by atoms with E-state index in [1.165, 1.54) is 32.2 Å². The highest BCUT2D eigenvalue weighted by atomic mass is 15.0. The van der Waals surface area contributed by atoms with Gasteiger partial charge in [-0.1, -0.05) is 0 Å². The van der Waals surface area contributed by atoms with Crippen molar-refractivity contribution in [2.75, 3.05) is 13.1 Å². The molecule has 2 nitrogen and oxygen atoms in total. The summed E-state index contributed by atoms with van der Waals surface area (Å²) in [6.07, 6.45) is 5.66. The zero-order valence-corrected chi connectivity index (χ0v) is 6.40. The van der Waals surface area contributed by atoms with Gasteiger partial charge in [-0.05, 0) is 37.6 Å². The first-order valence-corrected chi connectivity index (χ1v) is 4.28. The minimum atomic E-state index is 0.622. The van der Waals surface area contributed by atoms with Crippen LogP contribution in [0, 0.1) is 5.41 Å². The molecule has 1 heterocycles. The third-order valence-electron chi connectivity index (χ3n) is 3.01. The topological polar surface area (TPSA) is 38.0 Å². The third-order valence-corrected chi connectivity index (χ3v) is 3.01. The van der Waals surface area contributed by atoms with Gasteiger partial charge in [0.2, 0.25) is 0 Å². The van der Waals surface area contributed by atoms with Crippen molar-refractivity contribution in [3.8, 4) is 0 Å². The first kappa shape index (κ1) is 6.62. The van der Waals surface area contributed by atoms with Gasteiger partial charge in [-0.25, -0.2) is 0 Å². The van der Waals surface area contributed by atoms with Crippen molar-refractivity contribution >= 4 is 0 Å². The lowest BCUT2D eigenvalue weighted by Crippen LogP contribution is -2.43. The normalized spacial score (nSPS) is 36.3. The predicted molar refractivity (Wildman–Crippen MR) is 41.7 cm³/mol. The van der Waals surface area contributed by atoms with E-state index in [1.807, 2.05) is 0 Å². The molecule has 2 aliphatic rings. The van der Waals surface area contributed by atoms with Crippen LogP contribution in [0.15, 0.2) is 0 Å². The summed E-state index contributed by atoms with van der Waals surface area (Å²) in [5.41, 5.74) is 6.35. The first-order valence-electron chi connectivity index (χ1n) is 4.28. The van der Waals surface area contributed by atoms with Gasteiger partial charge in [0.25, 0.3) is 0 Å². The molecule has 1 spiro atoms. The minimum absolute atomic E-state index is 0.622. The molecule has 0 bridgehead atoms. The van der Waals surface area contributed by atoms with Gasteiger partial charge in [0, 0.05) is 12.6 Å². The lowest BCUT2D eigenvalue weighted by atomic mass is 9.90. The molecule has 1 saturated heterocycles. The Morgan fingerprint density at radius 1 is 1.40 bits per heavy atom. The van der Waals surface area contributed by atoms with E-state index in [4.69, 9.17) is 5.73 Å². The average molecular weight is 140 g/mol. The highest BCUT2D eigenvalue weighted by molar-refractivity contribution is 4.99. The summed E-state index contributed by atoms with van der Waals surface area (Å²) in [6.45, 7) is 2.02. The van der Waals surface area contributed by atoms with Crippen molar-refractivity contribution in [2.24, 2.45) is 11.1 Å². The van der Waals surface area contributed by atoms with E-state index in [2.05, 4.69) is 5.32 Å². The largest absolute Gasteiger partial charge is 0.329 e. The smallest absolute Gasteiger partial charge is 0.0195 e. The van der Waals surface area contributed by atoms with Crippen LogP contribution in [0.1, 0.15) is 25.7 Å². The van der Waals surface area contributed by atoms with Crippen LogP contribution in [0.4, 0.5) is 0 Å². The molecule has 0 aromatic rings. The zero-order valence-electron chi connectivity index (χ0n) is 6.40. The molecule has 2 heteroatoms. The van der Waals surface area contributed by atoms with Crippen LogP contribution < -0.4 is 11.1 Å². The SMILES string of the molecule is NCC1CC2(CCN1)CC2. The lowest BCUT2D eigenvalue weighted by Gasteiger charge is -2.29. The lowest BCUT2D eigenvalue weighted by molar-refractivity contribution is 0.287. The van der Waals surface area contributed by atoms with Crippen LogP contribution in [0.5, 0.6) is 0 Å². The average Bonchev–Trinajstić information content (AvgIpc) is 2.70. The van der Waals surface area contributed by atoms with E-state index in [1.54, 1.807) is 0 Å². The standard InChI is InChI=1S/C8H16N2/c9-6-7-5-8(1-2-8)3-4-10-7/h7,10H,1-6,9H2. The molecule has 0 radical (unpaired) electrons. The summed E-state index contributed by atoms with van der Waals surface area (Å²) in [5, 5.41) is 3.44. The highest BCUT2D eigenvalue weighted by Crippen LogP contribution is 2.53. The van der Waals surface area contributed by atoms with E-state index in [9.17, 15) is 0 Å². The molecule has 2 rings (SSSR count). The van der Waals surface area contributed by atoms with Crippen molar-refractivity contribution in [1.29, 1.82) is 0 Å². The van der Waals surface area contributed by atoms with Crippen molar-refractivity contribution in [1.82, 2.24) is 5.32 Å². The van der Waals surface area contributed by atoms with Gasteiger partial charge in [0.1, 0.15) is 0 Å². The Morgan fingerprint density at radius 3 is 2.80 bits per heavy atom. The van der Waals surface area contributed by atoms with Gasteiger partial charge in [0.15, 0.2) is 0 Å². The second-order valence-electron chi connectivity index (χ2n) is 3.84. The van der Waals surface area contributed by atoms with Gasteiger partial charge < -0.3 is 11.1 Å². The molecule has 10 heavy (non-hydrogen) atoms. The predicted octanol–water partition coefficient (Wildman–Crippen LogP) is 0.477. The van der Waals surface area contributed by atoms with Gasteiger partial charge in [-0.15, -0.1) is 0 Å². The molecule has 2 fully saturated rings. The molecule has 58 valence electrons. The Morgan fingerprint density at radius 2 is 2.20 bits per heavy atom. The zero-order chi connectivity index (χ0) is 7.03. The molecule has 1 aliphatic carbocycles. The van der Waals surface area contributed by atoms with Crippen molar-refractivity contribution in [3.05, 3.63) is 0 Å². The van der Waals surface area contributed by atoms with E-state index < -0.39 is 0 Å². The quantitative estimate of drug-likeness (QED) is 0.556. The van der Waals surface area contributed by atoms with Crippen molar-refractivity contribution < 1.29 is 0 Å². The molecule has 0 aromatic carbocycles. The maximum Gasteiger partial charge on any atom is 0.0195 e. The van der Waals surface area contributed by atoms with Crippen molar-refractivity contribution in [2.45, 2.75) is 31.7 Å². The molecule has 1 aliphatic heterocycles. The summed E-state index contributed by atoms with van der Waals surface area (Å²) in [7, 11) is 0. The third kappa shape index (κ3) is 1.06. The Hall–Kier alpha value is -0.0800. The van der Waals surface area contributed by atoms with Crippen LogP contribution in [0.25, 0.3) is 0 Å². The number of hydrogen-bond donors (Lipinski definition) is 2. The van der Waals surface area contributed by atoms with Crippen LogP contribution in [0.3, 0.4) is 0 Å². The van der Waals surface area contributed by atoms with Crippen LogP contribution in [0.2, 0.25) is 0 Å². The molecule has 1 saturated carbocycles. The number of rotatable bonds is 1. The van der Waals surface area contributed by atoms with E-state index in [0.29, 0.717) is 6.04 Å². The summed E-state index contributed by atoms with van der Waals surface area (Å²) in [4.78, 5) is 0. The number of piperidine rings is 1. The fourth-order valence-electron chi connectivity index (χ4n) is 2.04. The summed E-state index contributed by atoms with van der Waals surface area (Å²) >= 11 is 0. The summed E-state index contributed by atoms with van der Waals surface area (Å²) in [5.74, 6) is 0. The van der Waals surface area contributed by atoms with E-state index in [0.717, 1.165) is 12.0 Å². The summed E-state index contributed by atoms with van der Waals surface area (Å²) in [6, 6.07) is 0.622. The minimum Gasteiger partial charge on any atom is -0.329 e. The van der Waals surface area contributed by atoms with E-state index >= 15 is 0 Å². The number of nitrogens with two attached hydrogens (primary N) is 1. The van der Waals surface area contributed by atoms with Crippen molar-refractivity contribution in [3.63, 3.8) is 0 Å². The Kier molecular flexibility index (Phi) is 1.46. The molecule has 0 aromatic heterocycles. The molecule has 0 amide bonds. The monoisotopic (exact) mass is 140 g/mol. The van der Waals surface area contributed by atoms with Gasteiger partial charge in [-0.2, -0.15) is 0 Å². The number of hydrogen-bond acceptors (Lipinski definition) is 2. The molecule has 3 N–H and O–H groups in total. The van der Waals surface area contributed by atoms with Crippen LogP contribution in [-0.2, 0) is 0 Å².